The van der Waals surface area contributed by atoms with E-state index in [2.05, 4.69) is 33.8 Å². The summed E-state index contributed by atoms with van der Waals surface area (Å²) in [5, 5.41) is 6.23. The van der Waals surface area contributed by atoms with Gasteiger partial charge in [-0.25, -0.2) is 9.78 Å². The van der Waals surface area contributed by atoms with Gasteiger partial charge in [-0.1, -0.05) is 30.3 Å². The van der Waals surface area contributed by atoms with Crippen LogP contribution in [0.3, 0.4) is 0 Å². The number of amides is 1. The van der Waals surface area contributed by atoms with E-state index in [1.54, 1.807) is 0 Å². The van der Waals surface area contributed by atoms with Crippen LogP contribution in [0.5, 0.6) is 0 Å². The Bertz CT molecular complexity index is 722. The molecule has 4 rings (SSSR count). The van der Waals surface area contributed by atoms with Crippen LogP contribution in [0.1, 0.15) is 25.7 Å². The monoisotopic (exact) mass is 337 g/mol. The summed E-state index contributed by atoms with van der Waals surface area (Å²) in [5.41, 5.74) is 2.06. The predicted octanol–water partition coefficient (Wildman–Crippen LogP) is 3.83. The van der Waals surface area contributed by atoms with E-state index in [-0.39, 0.29) is 11.7 Å². The maximum Gasteiger partial charge on any atom is 0.407 e. The molecule has 130 valence electrons. The van der Waals surface area contributed by atoms with Gasteiger partial charge in [-0.15, -0.1) is 0 Å². The molecule has 2 heterocycles. The minimum absolute atomic E-state index is 0.247. The number of carbonyl (C=O) groups is 1. The van der Waals surface area contributed by atoms with Crippen molar-refractivity contribution in [3.63, 3.8) is 0 Å². The number of benzene rings is 1. The van der Waals surface area contributed by atoms with E-state index in [1.165, 1.54) is 5.56 Å². The second-order valence-corrected chi connectivity index (χ2v) is 7.05. The Labute approximate surface area is 147 Å². The molecule has 0 bridgehead atoms. The number of nitrogens with one attached hydrogen (secondary N) is 2. The van der Waals surface area contributed by atoms with Crippen molar-refractivity contribution in [3.8, 4) is 11.1 Å². The molecule has 1 saturated heterocycles. The number of alkyl carbamates (subject to hydrolysis) is 1. The fourth-order valence-electron chi connectivity index (χ4n) is 3.74. The maximum atomic E-state index is 11.3. The van der Waals surface area contributed by atoms with Gasteiger partial charge in [-0.3, -0.25) is 0 Å². The molecular formula is C20H23N3O2. The molecule has 2 fully saturated rings. The molecule has 1 aromatic carbocycles. The van der Waals surface area contributed by atoms with Gasteiger partial charge >= 0.3 is 6.09 Å². The largest absolute Gasteiger partial charge is 0.441 e. The molecule has 1 aliphatic carbocycles. The highest BCUT2D eigenvalue weighted by atomic mass is 16.6. The van der Waals surface area contributed by atoms with Gasteiger partial charge in [0.15, 0.2) is 0 Å². The summed E-state index contributed by atoms with van der Waals surface area (Å²) in [6.45, 7) is 1.57. The maximum absolute atomic E-state index is 11.3. The average Bonchev–Trinajstić information content (AvgIpc) is 3.03. The number of aromatic nitrogens is 1. The second-order valence-electron chi connectivity index (χ2n) is 7.05. The van der Waals surface area contributed by atoms with Crippen LogP contribution >= 0.6 is 0 Å². The number of anilines is 1. The van der Waals surface area contributed by atoms with Crippen LogP contribution in [-0.4, -0.2) is 29.8 Å². The molecule has 25 heavy (non-hydrogen) atoms. The Kier molecular flexibility index (Phi) is 4.30. The van der Waals surface area contributed by atoms with Crippen LogP contribution in [0, 0.1) is 5.92 Å². The number of pyridine rings is 1. The molecule has 2 aromatic rings. The van der Waals surface area contributed by atoms with Crippen LogP contribution < -0.4 is 10.6 Å². The normalized spacial score (nSPS) is 25.4. The zero-order chi connectivity index (χ0) is 17.1. The Hall–Kier alpha value is -2.56. The van der Waals surface area contributed by atoms with E-state index >= 15 is 0 Å². The SMILES string of the molecule is O=C1NC[C@]2(CC[C@@H](CNc3ccc(-c4ccccc4)cn3)CC2)O1. The molecular weight excluding hydrogens is 314 g/mol. The molecule has 1 amide bonds. The van der Waals surface area contributed by atoms with Gasteiger partial charge in [-0.05, 0) is 49.3 Å². The van der Waals surface area contributed by atoms with Crippen molar-refractivity contribution in [2.24, 2.45) is 5.92 Å². The van der Waals surface area contributed by atoms with Gasteiger partial charge in [0, 0.05) is 18.3 Å². The summed E-state index contributed by atoms with van der Waals surface area (Å²) in [5.74, 6) is 1.51. The van der Waals surface area contributed by atoms with E-state index < -0.39 is 0 Å². The molecule has 2 N–H and O–H groups in total. The molecule has 5 heteroatoms. The van der Waals surface area contributed by atoms with Crippen molar-refractivity contribution < 1.29 is 9.53 Å². The molecule has 2 aliphatic rings. The van der Waals surface area contributed by atoms with Crippen LogP contribution in [0.15, 0.2) is 48.7 Å². The number of rotatable bonds is 4. The van der Waals surface area contributed by atoms with Crippen molar-refractivity contribution in [3.05, 3.63) is 48.7 Å². The lowest BCUT2D eigenvalue weighted by Gasteiger charge is -2.34. The van der Waals surface area contributed by atoms with Crippen LogP contribution in [-0.2, 0) is 4.74 Å². The van der Waals surface area contributed by atoms with Crippen LogP contribution in [0.4, 0.5) is 10.6 Å². The summed E-state index contributed by atoms with van der Waals surface area (Å²) < 4.78 is 5.47. The highest BCUT2D eigenvalue weighted by molar-refractivity contribution is 5.70. The third-order valence-electron chi connectivity index (χ3n) is 5.32. The highest BCUT2D eigenvalue weighted by Gasteiger charge is 2.42. The number of nitrogens with zero attached hydrogens (tertiary/aromatic N) is 1. The lowest BCUT2D eigenvalue weighted by atomic mass is 9.79. The molecule has 1 spiro atoms. The first-order valence-electron chi connectivity index (χ1n) is 8.95. The summed E-state index contributed by atoms with van der Waals surface area (Å²) in [6, 6.07) is 14.4. The Morgan fingerprint density at radius 2 is 1.92 bits per heavy atom. The predicted molar refractivity (Wildman–Crippen MR) is 97.3 cm³/mol. The standard InChI is InChI=1S/C20H23N3O2/c24-19-23-14-20(25-19)10-8-15(9-11-20)12-21-18-7-6-17(13-22-18)16-4-2-1-3-5-16/h1-7,13,15H,8-12,14H2,(H,21,22)(H,23,24)/t15-,20-. The van der Waals surface area contributed by atoms with Gasteiger partial charge in [0.25, 0.3) is 0 Å². The number of hydrogen-bond donors (Lipinski definition) is 2. The highest BCUT2D eigenvalue weighted by Crippen LogP contribution is 2.36. The average molecular weight is 337 g/mol. The van der Waals surface area contributed by atoms with E-state index in [4.69, 9.17) is 4.74 Å². The Morgan fingerprint density at radius 1 is 1.12 bits per heavy atom. The fraction of sp³-hybridized carbons (Fsp3) is 0.400. The van der Waals surface area contributed by atoms with Crippen molar-refractivity contribution in [2.75, 3.05) is 18.4 Å². The van der Waals surface area contributed by atoms with Gasteiger partial charge in [-0.2, -0.15) is 0 Å². The first kappa shape index (κ1) is 15.9. The minimum Gasteiger partial charge on any atom is -0.441 e. The van der Waals surface area contributed by atoms with Crippen molar-refractivity contribution in [1.82, 2.24) is 10.3 Å². The first-order valence-corrected chi connectivity index (χ1v) is 8.95. The van der Waals surface area contributed by atoms with E-state index in [0.29, 0.717) is 12.5 Å². The Morgan fingerprint density at radius 3 is 2.56 bits per heavy atom. The van der Waals surface area contributed by atoms with Crippen LogP contribution in [0.25, 0.3) is 11.1 Å². The molecule has 1 aliphatic heterocycles. The van der Waals surface area contributed by atoms with Crippen molar-refractivity contribution in [2.45, 2.75) is 31.3 Å². The zero-order valence-corrected chi connectivity index (χ0v) is 14.2. The van der Waals surface area contributed by atoms with Gasteiger partial charge in [0.2, 0.25) is 0 Å². The van der Waals surface area contributed by atoms with E-state index in [1.807, 2.05) is 30.5 Å². The number of hydrogen-bond acceptors (Lipinski definition) is 4. The zero-order valence-electron chi connectivity index (χ0n) is 14.2. The number of ether oxygens (including phenoxy) is 1. The van der Waals surface area contributed by atoms with Crippen molar-refractivity contribution >= 4 is 11.9 Å². The molecule has 5 nitrogen and oxygen atoms in total. The number of carbonyl (C=O) groups excluding carboxylic acids is 1. The molecule has 1 saturated carbocycles. The van der Waals surface area contributed by atoms with E-state index in [0.717, 1.165) is 43.6 Å². The second kappa shape index (κ2) is 6.75. The smallest absolute Gasteiger partial charge is 0.407 e. The summed E-state index contributed by atoms with van der Waals surface area (Å²) in [6.07, 6.45) is 5.68. The molecule has 0 atom stereocenters. The third kappa shape index (κ3) is 3.60. The van der Waals surface area contributed by atoms with Gasteiger partial charge < -0.3 is 15.4 Å². The van der Waals surface area contributed by atoms with Crippen molar-refractivity contribution in [1.29, 1.82) is 0 Å². The first-order chi connectivity index (χ1) is 12.2. The molecule has 0 unspecified atom stereocenters. The summed E-state index contributed by atoms with van der Waals surface area (Å²) in [4.78, 5) is 15.8. The molecule has 1 aromatic heterocycles. The van der Waals surface area contributed by atoms with E-state index in [9.17, 15) is 4.79 Å². The quantitative estimate of drug-likeness (QED) is 0.890. The Balaban J connectivity index is 1.28. The fourth-order valence-corrected chi connectivity index (χ4v) is 3.74. The van der Waals surface area contributed by atoms with Gasteiger partial charge in [0.1, 0.15) is 11.4 Å². The van der Waals surface area contributed by atoms with Gasteiger partial charge in [0.05, 0.1) is 6.54 Å². The summed E-state index contributed by atoms with van der Waals surface area (Å²) in [7, 11) is 0. The lowest BCUT2D eigenvalue weighted by Crippen LogP contribution is -2.38. The molecule has 0 radical (unpaired) electrons. The minimum atomic E-state index is -0.265. The third-order valence-corrected chi connectivity index (χ3v) is 5.32. The topological polar surface area (TPSA) is 63.2 Å². The van der Waals surface area contributed by atoms with Crippen LogP contribution in [0.2, 0.25) is 0 Å². The summed E-state index contributed by atoms with van der Waals surface area (Å²) >= 11 is 0. The lowest BCUT2D eigenvalue weighted by molar-refractivity contribution is 0.0148.